The van der Waals surface area contributed by atoms with Crippen molar-refractivity contribution in [2.45, 2.75) is 31.7 Å². The standard InChI is InChI=1S/C25H28ClN5O6S/c1-14(2)37-24(34)16-6-8-17(26)18(10-16)28-22(32)13-38-25-30-29-21(31(25)3)12-27-23(33)15-7-9-19(35-4)20(11-15)36-5/h6-11,14H,12-13H2,1-5H3,(H,27,33)(H,28,32). The first-order valence-electron chi connectivity index (χ1n) is 11.4. The number of amides is 2. The Morgan fingerprint density at radius 1 is 1.03 bits per heavy atom. The molecule has 13 heteroatoms. The molecular formula is C25H28ClN5O6S. The summed E-state index contributed by atoms with van der Waals surface area (Å²) in [7, 11) is 4.75. The van der Waals surface area contributed by atoms with Gasteiger partial charge in [-0.25, -0.2) is 4.79 Å². The Balaban J connectivity index is 1.56. The van der Waals surface area contributed by atoms with Gasteiger partial charge in [0.15, 0.2) is 22.5 Å². The van der Waals surface area contributed by atoms with Crippen LogP contribution in [-0.4, -0.2) is 58.6 Å². The van der Waals surface area contributed by atoms with Crippen LogP contribution in [0.4, 0.5) is 5.69 Å². The minimum atomic E-state index is -0.508. The van der Waals surface area contributed by atoms with Gasteiger partial charge in [0.2, 0.25) is 5.91 Å². The molecule has 2 N–H and O–H groups in total. The zero-order valence-corrected chi connectivity index (χ0v) is 23.1. The predicted octanol–water partition coefficient (Wildman–Crippen LogP) is 3.71. The summed E-state index contributed by atoms with van der Waals surface area (Å²) in [5.41, 5.74) is 0.974. The van der Waals surface area contributed by atoms with Crippen molar-refractivity contribution in [1.82, 2.24) is 20.1 Å². The Morgan fingerprint density at radius 2 is 1.74 bits per heavy atom. The smallest absolute Gasteiger partial charge is 0.338 e. The van der Waals surface area contributed by atoms with E-state index in [-0.39, 0.29) is 40.8 Å². The molecule has 0 aliphatic rings. The predicted molar refractivity (Wildman–Crippen MR) is 143 cm³/mol. The van der Waals surface area contributed by atoms with Crippen LogP contribution in [0.5, 0.6) is 11.5 Å². The van der Waals surface area contributed by atoms with Crippen molar-refractivity contribution in [2.75, 3.05) is 25.3 Å². The Kier molecular flexibility index (Phi) is 9.97. The molecule has 1 heterocycles. The maximum atomic E-state index is 12.6. The van der Waals surface area contributed by atoms with Gasteiger partial charge >= 0.3 is 5.97 Å². The van der Waals surface area contributed by atoms with Crippen molar-refractivity contribution >= 4 is 46.8 Å². The summed E-state index contributed by atoms with van der Waals surface area (Å²) >= 11 is 7.34. The number of carbonyl (C=O) groups is 3. The number of aromatic nitrogens is 3. The number of benzene rings is 2. The van der Waals surface area contributed by atoms with E-state index in [0.29, 0.717) is 33.7 Å². The second-order valence-electron chi connectivity index (χ2n) is 8.20. The number of rotatable bonds is 11. The van der Waals surface area contributed by atoms with Crippen molar-refractivity contribution in [1.29, 1.82) is 0 Å². The highest BCUT2D eigenvalue weighted by Gasteiger charge is 2.16. The monoisotopic (exact) mass is 561 g/mol. The second kappa shape index (κ2) is 13.2. The number of nitrogens with one attached hydrogen (secondary N) is 2. The largest absolute Gasteiger partial charge is 0.493 e. The minimum Gasteiger partial charge on any atom is -0.493 e. The van der Waals surface area contributed by atoms with E-state index >= 15 is 0 Å². The summed E-state index contributed by atoms with van der Waals surface area (Å²) in [5, 5.41) is 14.5. The van der Waals surface area contributed by atoms with Crippen LogP contribution < -0.4 is 20.1 Å². The van der Waals surface area contributed by atoms with Crippen molar-refractivity contribution in [3.05, 3.63) is 58.4 Å². The third-order valence-corrected chi connectivity index (χ3v) is 6.48. The first kappa shape index (κ1) is 28.8. The van der Waals surface area contributed by atoms with Crippen LogP contribution in [0.15, 0.2) is 41.6 Å². The summed E-state index contributed by atoms with van der Waals surface area (Å²) in [6, 6.07) is 9.38. The minimum absolute atomic E-state index is 0.0149. The number of hydrogen-bond acceptors (Lipinski definition) is 9. The van der Waals surface area contributed by atoms with Gasteiger partial charge in [0, 0.05) is 12.6 Å². The SMILES string of the molecule is COc1ccc(C(=O)NCc2nnc(SCC(=O)Nc3cc(C(=O)OC(C)C)ccc3Cl)n2C)cc1OC. The third-order valence-electron chi connectivity index (χ3n) is 5.13. The fourth-order valence-electron chi connectivity index (χ4n) is 3.21. The molecule has 0 saturated heterocycles. The average Bonchev–Trinajstić information content (AvgIpc) is 3.25. The second-order valence-corrected chi connectivity index (χ2v) is 9.55. The zero-order chi connectivity index (χ0) is 27.8. The van der Waals surface area contributed by atoms with E-state index in [2.05, 4.69) is 20.8 Å². The van der Waals surface area contributed by atoms with Crippen molar-refractivity contribution in [2.24, 2.45) is 7.05 Å². The summed E-state index contributed by atoms with van der Waals surface area (Å²) < 4.78 is 17.3. The van der Waals surface area contributed by atoms with E-state index in [1.165, 1.54) is 32.4 Å². The van der Waals surface area contributed by atoms with Gasteiger partial charge in [0.25, 0.3) is 5.91 Å². The van der Waals surface area contributed by atoms with E-state index in [1.54, 1.807) is 43.7 Å². The van der Waals surface area contributed by atoms with Crippen LogP contribution in [0.2, 0.25) is 5.02 Å². The maximum absolute atomic E-state index is 12.6. The van der Waals surface area contributed by atoms with Gasteiger partial charge in [-0.05, 0) is 50.2 Å². The first-order valence-corrected chi connectivity index (χ1v) is 12.8. The average molecular weight is 562 g/mol. The number of carbonyl (C=O) groups excluding carboxylic acids is 3. The number of ether oxygens (including phenoxy) is 3. The number of esters is 1. The first-order chi connectivity index (χ1) is 18.1. The Bertz CT molecular complexity index is 1330. The summed E-state index contributed by atoms with van der Waals surface area (Å²) in [6.45, 7) is 3.62. The topological polar surface area (TPSA) is 134 Å². The molecule has 0 unspecified atom stereocenters. The van der Waals surface area contributed by atoms with Gasteiger partial charge in [0.1, 0.15) is 0 Å². The molecule has 202 valence electrons. The summed E-state index contributed by atoms with van der Waals surface area (Å²) in [4.78, 5) is 37.3. The van der Waals surface area contributed by atoms with E-state index in [9.17, 15) is 14.4 Å². The lowest BCUT2D eigenvalue weighted by atomic mass is 10.2. The lowest BCUT2D eigenvalue weighted by Gasteiger charge is -2.11. The van der Waals surface area contributed by atoms with E-state index in [1.807, 2.05) is 0 Å². The van der Waals surface area contributed by atoms with Crippen LogP contribution in [0.25, 0.3) is 0 Å². The molecule has 0 spiro atoms. The molecule has 0 atom stereocenters. The molecule has 3 rings (SSSR count). The molecule has 2 aromatic carbocycles. The molecule has 38 heavy (non-hydrogen) atoms. The van der Waals surface area contributed by atoms with Crippen LogP contribution in [0.1, 0.15) is 40.4 Å². The van der Waals surface area contributed by atoms with Gasteiger partial charge in [-0.15, -0.1) is 10.2 Å². The van der Waals surface area contributed by atoms with Gasteiger partial charge in [-0.1, -0.05) is 23.4 Å². The number of methoxy groups -OCH3 is 2. The molecule has 1 aromatic heterocycles. The molecule has 0 aliphatic heterocycles. The molecule has 0 radical (unpaired) electrons. The molecule has 11 nitrogen and oxygen atoms in total. The lowest BCUT2D eigenvalue weighted by molar-refractivity contribution is -0.113. The van der Waals surface area contributed by atoms with Crippen molar-refractivity contribution in [3.63, 3.8) is 0 Å². The highest BCUT2D eigenvalue weighted by molar-refractivity contribution is 7.99. The van der Waals surface area contributed by atoms with Crippen LogP contribution in [-0.2, 0) is 23.1 Å². The number of anilines is 1. The number of nitrogens with zero attached hydrogens (tertiary/aromatic N) is 3. The third kappa shape index (κ3) is 7.39. The summed E-state index contributed by atoms with van der Waals surface area (Å²) in [5.74, 6) is 0.302. The molecule has 3 aromatic rings. The van der Waals surface area contributed by atoms with Crippen molar-refractivity contribution < 1.29 is 28.6 Å². The molecule has 0 saturated carbocycles. The van der Waals surface area contributed by atoms with Crippen LogP contribution in [0.3, 0.4) is 0 Å². The number of halogens is 1. The van der Waals surface area contributed by atoms with Gasteiger partial charge in [-0.2, -0.15) is 0 Å². The van der Waals surface area contributed by atoms with E-state index in [4.69, 9.17) is 25.8 Å². The van der Waals surface area contributed by atoms with Crippen molar-refractivity contribution in [3.8, 4) is 11.5 Å². The zero-order valence-electron chi connectivity index (χ0n) is 21.5. The quantitative estimate of drug-likeness (QED) is 0.265. The molecule has 0 fully saturated rings. The maximum Gasteiger partial charge on any atom is 0.338 e. The number of thioether (sulfide) groups is 1. The fourth-order valence-corrected chi connectivity index (χ4v) is 4.10. The molecule has 0 aliphatic carbocycles. The van der Waals surface area contributed by atoms with Gasteiger partial charge in [0.05, 0.1) is 48.9 Å². The Morgan fingerprint density at radius 3 is 2.42 bits per heavy atom. The normalized spacial score (nSPS) is 10.7. The van der Waals surface area contributed by atoms with Gasteiger partial charge < -0.3 is 29.4 Å². The molecular weight excluding hydrogens is 534 g/mol. The Hall–Kier alpha value is -3.77. The highest BCUT2D eigenvalue weighted by Crippen LogP contribution is 2.28. The Labute approximate surface area is 229 Å². The lowest BCUT2D eigenvalue weighted by Crippen LogP contribution is -2.24. The highest BCUT2D eigenvalue weighted by atomic mass is 35.5. The number of hydrogen-bond donors (Lipinski definition) is 2. The summed E-state index contributed by atoms with van der Waals surface area (Å²) in [6.07, 6.45) is -0.275. The molecule has 2 amide bonds. The van der Waals surface area contributed by atoms with Crippen LogP contribution in [0, 0.1) is 0 Å². The molecule has 0 bridgehead atoms. The fraction of sp³-hybridized carbons (Fsp3) is 0.320. The van der Waals surface area contributed by atoms with Gasteiger partial charge in [-0.3, -0.25) is 9.59 Å². The van der Waals surface area contributed by atoms with E-state index in [0.717, 1.165) is 11.8 Å². The van der Waals surface area contributed by atoms with Crippen LogP contribution >= 0.6 is 23.4 Å². The van der Waals surface area contributed by atoms with E-state index < -0.39 is 5.97 Å².